The van der Waals surface area contributed by atoms with Crippen LogP contribution >= 0.6 is 11.6 Å². The topological polar surface area (TPSA) is 98.0 Å². The number of anilines is 1. The SMILES string of the molecule is COc1cc(OC(=O)O)cn2nc(NCc3cccc(Cl)c3)nc12. The summed E-state index contributed by atoms with van der Waals surface area (Å²) in [7, 11) is 1.45. The Morgan fingerprint density at radius 2 is 2.25 bits per heavy atom. The molecule has 0 aliphatic heterocycles. The first-order chi connectivity index (χ1) is 11.5. The molecule has 2 heterocycles. The first-order valence-corrected chi connectivity index (χ1v) is 7.26. The Balaban J connectivity index is 1.85. The molecule has 9 heteroatoms. The van der Waals surface area contributed by atoms with Gasteiger partial charge in [0, 0.05) is 17.6 Å². The molecular weight excluding hydrogens is 336 g/mol. The van der Waals surface area contributed by atoms with Crippen molar-refractivity contribution in [3.63, 3.8) is 0 Å². The van der Waals surface area contributed by atoms with Crippen molar-refractivity contribution in [2.24, 2.45) is 0 Å². The molecule has 0 aliphatic rings. The number of pyridine rings is 1. The maximum absolute atomic E-state index is 10.7. The number of rotatable bonds is 5. The van der Waals surface area contributed by atoms with E-state index in [1.54, 1.807) is 6.07 Å². The highest BCUT2D eigenvalue weighted by Gasteiger charge is 2.13. The van der Waals surface area contributed by atoms with Crippen molar-refractivity contribution < 1.29 is 19.4 Å². The Labute approximate surface area is 141 Å². The minimum atomic E-state index is -1.42. The average Bonchev–Trinajstić information content (AvgIpc) is 2.94. The summed E-state index contributed by atoms with van der Waals surface area (Å²) in [4.78, 5) is 15.0. The maximum Gasteiger partial charge on any atom is 0.511 e. The molecule has 8 nitrogen and oxygen atoms in total. The highest BCUT2D eigenvalue weighted by molar-refractivity contribution is 6.30. The second kappa shape index (κ2) is 6.63. The summed E-state index contributed by atoms with van der Waals surface area (Å²) in [5.41, 5.74) is 1.41. The van der Waals surface area contributed by atoms with Crippen molar-refractivity contribution in [1.29, 1.82) is 0 Å². The quantitative estimate of drug-likeness (QED) is 0.684. The molecule has 2 aromatic heterocycles. The molecule has 3 aromatic rings. The number of ether oxygens (including phenoxy) is 2. The van der Waals surface area contributed by atoms with Crippen LogP contribution in [0.5, 0.6) is 11.5 Å². The van der Waals surface area contributed by atoms with E-state index in [1.807, 2.05) is 18.2 Å². The first kappa shape index (κ1) is 15.9. The number of nitrogens with one attached hydrogen (secondary N) is 1. The molecule has 2 N–H and O–H groups in total. The predicted octanol–water partition coefficient (Wildman–Crippen LogP) is 3.06. The Bertz CT molecular complexity index is 896. The minimum absolute atomic E-state index is 0.0816. The fourth-order valence-corrected chi connectivity index (χ4v) is 2.36. The van der Waals surface area contributed by atoms with Gasteiger partial charge in [-0.2, -0.15) is 4.98 Å². The molecule has 0 atom stereocenters. The molecule has 0 unspecified atom stereocenters. The van der Waals surface area contributed by atoms with Gasteiger partial charge < -0.3 is 19.9 Å². The molecule has 1 aromatic carbocycles. The van der Waals surface area contributed by atoms with E-state index in [1.165, 1.54) is 23.9 Å². The third kappa shape index (κ3) is 3.49. The van der Waals surface area contributed by atoms with Gasteiger partial charge in [-0.15, -0.1) is 5.10 Å². The van der Waals surface area contributed by atoms with Gasteiger partial charge in [-0.1, -0.05) is 23.7 Å². The third-order valence-corrected chi connectivity index (χ3v) is 3.37. The van der Waals surface area contributed by atoms with Gasteiger partial charge in [-0.05, 0) is 17.7 Å². The molecule has 0 bridgehead atoms. The number of aromatic nitrogens is 3. The molecule has 0 radical (unpaired) electrons. The van der Waals surface area contributed by atoms with Crippen LogP contribution in [-0.2, 0) is 6.54 Å². The summed E-state index contributed by atoms with van der Waals surface area (Å²) in [5.74, 6) is 0.788. The lowest BCUT2D eigenvalue weighted by atomic mass is 10.2. The van der Waals surface area contributed by atoms with Gasteiger partial charge in [-0.3, -0.25) is 0 Å². The van der Waals surface area contributed by atoms with Crippen molar-refractivity contribution in [3.8, 4) is 11.5 Å². The summed E-state index contributed by atoms with van der Waals surface area (Å²) in [6.07, 6.45) is -0.0142. The Kier molecular flexibility index (Phi) is 4.39. The molecule has 0 aliphatic carbocycles. The Morgan fingerprint density at radius 3 is 2.96 bits per heavy atom. The number of fused-ring (bicyclic) bond motifs is 1. The van der Waals surface area contributed by atoms with Gasteiger partial charge in [0.2, 0.25) is 5.95 Å². The standard InChI is InChI=1S/C15H13ClN4O4/c1-23-12-6-11(24-15(21)22)8-20-13(12)18-14(19-20)17-7-9-3-2-4-10(16)5-9/h2-6,8H,7H2,1H3,(H,17,19)(H,21,22). The van der Waals surface area contributed by atoms with E-state index < -0.39 is 6.16 Å². The van der Waals surface area contributed by atoms with Crippen LogP contribution in [0.1, 0.15) is 5.56 Å². The predicted molar refractivity (Wildman–Crippen MR) is 87.0 cm³/mol. The number of benzene rings is 1. The van der Waals surface area contributed by atoms with Crippen LogP contribution in [0.3, 0.4) is 0 Å². The van der Waals surface area contributed by atoms with Gasteiger partial charge in [-0.25, -0.2) is 9.31 Å². The van der Waals surface area contributed by atoms with Crippen LogP contribution in [0, 0.1) is 0 Å². The molecule has 0 saturated heterocycles. The molecule has 24 heavy (non-hydrogen) atoms. The average molecular weight is 349 g/mol. The van der Waals surface area contributed by atoms with Gasteiger partial charge >= 0.3 is 6.16 Å². The van der Waals surface area contributed by atoms with Crippen LogP contribution < -0.4 is 14.8 Å². The van der Waals surface area contributed by atoms with Crippen LogP contribution in [0.2, 0.25) is 5.02 Å². The van der Waals surface area contributed by atoms with Crippen molar-refractivity contribution >= 4 is 29.4 Å². The number of carboxylic acid groups (broad SMARTS) is 1. The fraction of sp³-hybridized carbons (Fsp3) is 0.133. The highest BCUT2D eigenvalue weighted by Crippen LogP contribution is 2.25. The molecule has 0 fully saturated rings. The zero-order valence-electron chi connectivity index (χ0n) is 12.6. The molecule has 124 valence electrons. The summed E-state index contributed by atoms with van der Waals surface area (Å²) in [6, 6.07) is 8.84. The van der Waals surface area contributed by atoms with Gasteiger partial charge in [0.25, 0.3) is 0 Å². The second-order valence-electron chi connectivity index (χ2n) is 4.80. The first-order valence-electron chi connectivity index (χ1n) is 6.88. The van der Waals surface area contributed by atoms with E-state index in [0.717, 1.165) is 5.56 Å². The zero-order valence-corrected chi connectivity index (χ0v) is 13.3. The van der Waals surface area contributed by atoms with Crippen molar-refractivity contribution in [2.75, 3.05) is 12.4 Å². The number of halogens is 1. The second-order valence-corrected chi connectivity index (χ2v) is 5.24. The van der Waals surface area contributed by atoms with Gasteiger partial charge in [0.1, 0.15) is 0 Å². The van der Waals surface area contributed by atoms with E-state index in [9.17, 15) is 4.79 Å². The summed E-state index contributed by atoms with van der Waals surface area (Å²) in [5, 5.41) is 16.7. The van der Waals surface area contributed by atoms with E-state index in [4.69, 9.17) is 21.4 Å². The maximum atomic E-state index is 10.7. The molecule has 0 amide bonds. The zero-order chi connectivity index (χ0) is 17.1. The molecule has 0 saturated carbocycles. The molecule has 3 rings (SSSR count). The van der Waals surface area contributed by atoms with E-state index in [2.05, 4.69) is 20.1 Å². The van der Waals surface area contributed by atoms with Crippen molar-refractivity contribution in [2.45, 2.75) is 6.54 Å². The largest absolute Gasteiger partial charge is 0.511 e. The normalized spacial score (nSPS) is 10.6. The van der Waals surface area contributed by atoms with Crippen molar-refractivity contribution in [1.82, 2.24) is 14.6 Å². The Morgan fingerprint density at radius 1 is 1.42 bits per heavy atom. The number of methoxy groups -OCH3 is 1. The monoisotopic (exact) mass is 348 g/mol. The van der Waals surface area contributed by atoms with E-state index in [-0.39, 0.29) is 5.75 Å². The van der Waals surface area contributed by atoms with Gasteiger partial charge in [0.05, 0.1) is 13.3 Å². The molecular formula is C15H13ClN4O4. The number of hydrogen-bond acceptors (Lipinski definition) is 6. The minimum Gasteiger partial charge on any atom is -0.493 e. The van der Waals surface area contributed by atoms with Crippen LogP contribution in [0.4, 0.5) is 10.7 Å². The summed E-state index contributed by atoms with van der Waals surface area (Å²) >= 11 is 5.95. The third-order valence-electron chi connectivity index (χ3n) is 3.14. The lowest BCUT2D eigenvalue weighted by molar-refractivity contribution is 0.144. The van der Waals surface area contributed by atoms with E-state index in [0.29, 0.717) is 28.9 Å². The Hall–Kier alpha value is -3.00. The number of hydrogen-bond donors (Lipinski definition) is 2. The van der Waals surface area contributed by atoms with Crippen LogP contribution in [-0.4, -0.2) is 33.0 Å². The van der Waals surface area contributed by atoms with Crippen LogP contribution in [0.25, 0.3) is 5.65 Å². The molecule has 0 spiro atoms. The number of carbonyl (C=O) groups is 1. The van der Waals surface area contributed by atoms with Gasteiger partial charge in [0.15, 0.2) is 17.1 Å². The smallest absolute Gasteiger partial charge is 0.493 e. The lowest BCUT2D eigenvalue weighted by Crippen LogP contribution is -2.04. The summed E-state index contributed by atoms with van der Waals surface area (Å²) in [6.45, 7) is 0.484. The summed E-state index contributed by atoms with van der Waals surface area (Å²) < 4.78 is 11.2. The lowest BCUT2D eigenvalue weighted by Gasteiger charge is -2.04. The van der Waals surface area contributed by atoms with E-state index >= 15 is 0 Å². The van der Waals surface area contributed by atoms with Crippen LogP contribution in [0.15, 0.2) is 36.5 Å². The highest BCUT2D eigenvalue weighted by atomic mass is 35.5. The number of nitrogens with zero attached hydrogens (tertiary/aromatic N) is 3. The fourth-order valence-electron chi connectivity index (χ4n) is 2.14. The van der Waals surface area contributed by atoms with Crippen molar-refractivity contribution in [3.05, 3.63) is 47.1 Å².